The highest BCUT2D eigenvalue weighted by Crippen LogP contribution is 2.13. The van der Waals surface area contributed by atoms with E-state index in [0.717, 1.165) is 37.0 Å². The van der Waals surface area contributed by atoms with Gasteiger partial charge in [0, 0.05) is 13.1 Å². The Bertz CT molecular complexity index is 610. The Balaban J connectivity index is 0.00000312. The van der Waals surface area contributed by atoms with Gasteiger partial charge in [0.15, 0.2) is 5.96 Å². The van der Waals surface area contributed by atoms with Gasteiger partial charge in [-0.05, 0) is 57.0 Å². The van der Waals surface area contributed by atoms with Crippen molar-refractivity contribution in [1.82, 2.24) is 10.6 Å². The van der Waals surface area contributed by atoms with Crippen LogP contribution >= 0.6 is 24.0 Å². The van der Waals surface area contributed by atoms with E-state index in [1.807, 2.05) is 38.1 Å². The first-order chi connectivity index (χ1) is 11.7. The second-order valence-electron chi connectivity index (χ2n) is 5.76. The monoisotopic (exact) mass is 457 g/mol. The standard InChI is InChI=1S/C19H27N3O2.HI/c1-4-20-19(22-14-18-6-5-13-23-18)21-12-11-16-7-9-17(10-8-16)24-15(2)3;/h5-10,13,15H,4,11-12,14H2,1-3H3,(H2,20,21,22);1H. The maximum Gasteiger partial charge on any atom is 0.191 e. The molecule has 0 atom stereocenters. The quantitative estimate of drug-likeness (QED) is 0.358. The van der Waals surface area contributed by atoms with E-state index >= 15 is 0 Å². The molecule has 25 heavy (non-hydrogen) atoms. The molecule has 2 aromatic rings. The van der Waals surface area contributed by atoms with Crippen LogP contribution in [0.3, 0.4) is 0 Å². The zero-order chi connectivity index (χ0) is 17.2. The van der Waals surface area contributed by atoms with E-state index in [1.165, 1.54) is 5.56 Å². The molecule has 0 bridgehead atoms. The summed E-state index contributed by atoms with van der Waals surface area (Å²) in [4.78, 5) is 4.51. The first kappa shape index (κ1) is 21.3. The second-order valence-corrected chi connectivity index (χ2v) is 5.76. The molecule has 0 saturated carbocycles. The fourth-order valence-corrected chi connectivity index (χ4v) is 2.23. The number of benzene rings is 1. The van der Waals surface area contributed by atoms with Gasteiger partial charge in [-0.25, -0.2) is 4.99 Å². The van der Waals surface area contributed by atoms with Crippen LogP contribution in [0.25, 0.3) is 0 Å². The molecule has 0 spiro atoms. The Hall–Kier alpha value is -1.70. The summed E-state index contributed by atoms with van der Waals surface area (Å²) in [6.45, 7) is 8.28. The van der Waals surface area contributed by atoms with Crippen molar-refractivity contribution in [3.8, 4) is 5.75 Å². The minimum atomic E-state index is 0. The van der Waals surface area contributed by atoms with Crippen molar-refractivity contribution >= 4 is 29.9 Å². The fourth-order valence-electron chi connectivity index (χ4n) is 2.23. The lowest BCUT2D eigenvalue weighted by Gasteiger charge is -2.12. The van der Waals surface area contributed by atoms with Crippen molar-refractivity contribution < 1.29 is 9.15 Å². The molecule has 1 aromatic heterocycles. The zero-order valence-corrected chi connectivity index (χ0v) is 17.4. The van der Waals surface area contributed by atoms with Gasteiger partial charge in [-0.3, -0.25) is 0 Å². The lowest BCUT2D eigenvalue weighted by atomic mass is 10.1. The van der Waals surface area contributed by atoms with Crippen molar-refractivity contribution in [3.05, 3.63) is 54.0 Å². The number of hydrogen-bond donors (Lipinski definition) is 2. The van der Waals surface area contributed by atoms with Crippen LogP contribution in [0.1, 0.15) is 32.1 Å². The summed E-state index contributed by atoms with van der Waals surface area (Å²) in [5.41, 5.74) is 1.26. The molecule has 138 valence electrons. The van der Waals surface area contributed by atoms with Crippen LogP contribution in [-0.2, 0) is 13.0 Å². The van der Waals surface area contributed by atoms with Crippen molar-refractivity contribution in [2.24, 2.45) is 4.99 Å². The van der Waals surface area contributed by atoms with Crippen molar-refractivity contribution in [2.45, 2.75) is 39.8 Å². The number of ether oxygens (including phenoxy) is 1. The van der Waals surface area contributed by atoms with Gasteiger partial charge in [-0.2, -0.15) is 0 Å². The van der Waals surface area contributed by atoms with E-state index in [4.69, 9.17) is 9.15 Å². The van der Waals surface area contributed by atoms with E-state index in [0.29, 0.717) is 6.54 Å². The molecule has 0 radical (unpaired) electrons. The van der Waals surface area contributed by atoms with Crippen molar-refractivity contribution in [3.63, 3.8) is 0 Å². The van der Waals surface area contributed by atoms with E-state index in [1.54, 1.807) is 6.26 Å². The topological polar surface area (TPSA) is 58.8 Å². The number of halogens is 1. The third-order valence-electron chi connectivity index (χ3n) is 3.32. The highest BCUT2D eigenvalue weighted by Gasteiger charge is 2.01. The van der Waals surface area contributed by atoms with Crippen LogP contribution in [0.15, 0.2) is 52.1 Å². The summed E-state index contributed by atoms with van der Waals surface area (Å²) in [6, 6.07) is 12.0. The Morgan fingerprint density at radius 3 is 2.52 bits per heavy atom. The maximum absolute atomic E-state index is 5.66. The maximum atomic E-state index is 5.66. The summed E-state index contributed by atoms with van der Waals surface area (Å²) < 4.78 is 11.0. The van der Waals surface area contributed by atoms with Gasteiger partial charge in [0.1, 0.15) is 18.1 Å². The molecule has 0 amide bonds. The van der Waals surface area contributed by atoms with Gasteiger partial charge in [0.2, 0.25) is 0 Å². The molecule has 1 aromatic carbocycles. The molecule has 6 heteroatoms. The molecular weight excluding hydrogens is 429 g/mol. The first-order valence-corrected chi connectivity index (χ1v) is 8.47. The molecule has 5 nitrogen and oxygen atoms in total. The van der Waals surface area contributed by atoms with E-state index in [9.17, 15) is 0 Å². The minimum absolute atomic E-state index is 0. The smallest absolute Gasteiger partial charge is 0.191 e. The molecule has 1 heterocycles. The number of hydrogen-bond acceptors (Lipinski definition) is 3. The van der Waals surface area contributed by atoms with Gasteiger partial charge in [-0.15, -0.1) is 24.0 Å². The van der Waals surface area contributed by atoms with Crippen LogP contribution < -0.4 is 15.4 Å². The van der Waals surface area contributed by atoms with Crippen LogP contribution in [0.2, 0.25) is 0 Å². The molecule has 0 fully saturated rings. The Kier molecular flexibility index (Phi) is 10.1. The van der Waals surface area contributed by atoms with Gasteiger partial charge in [0.25, 0.3) is 0 Å². The molecule has 0 saturated heterocycles. The number of rotatable bonds is 8. The van der Waals surface area contributed by atoms with Crippen LogP contribution in [0.5, 0.6) is 5.75 Å². The van der Waals surface area contributed by atoms with Gasteiger partial charge < -0.3 is 19.8 Å². The van der Waals surface area contributed by atoms with E-state index in [2.05, 4.69) is 34.7 Å². The summed E-state index contributed by atoms with van der Waals surface area (Å²) >= 11 is 0. The van der Waals surface area contributed by atoms with Crippen LogP contribution in [-0.4, -0.2) is 25.2 Å². The zero-order valence-electron chi connectivity index (χ0n) is 15.1. The second kappa shape index (κ2) is 11.8. The van der Waals surface area contributed by atoms with Crippen molar-refractivity contribution in [2.75, 3.05) is 13.1 Å². The summed E-state index contributed by atoms with van der Waals surface area (Å²) in [5, 5.41) is 6.58. The number of nitrogens with one attached hydrogen (secondary N) is 2. The lowest BCUT2D eigenvalue weighted by Crippen LogP contribution is -2.38. The third-order valence-corrected chi connectivity index (χ3v) is 3.32. The predicted molar refractivity (Wildman–Crippen MR) is 113 cm³/mol. The Morgan fingerprint density at radius 2 is 1.92 bits per heavy atom. The summed E-state index contributed by atoms with van der Waals surface area (Å²) in [7, 11) is 0. The molecule has 2 rings (SSSR count). The predicted octanol–water partition coefficient (Wildman–Crippen LogP) is 3.98. The average Bonchev–Trinajstić information content (AvgIpc) is 3.07. The molecule has 0 aliphatic heterocycles. The highest BCUT2D eigenvalue weighted by molar-refractivity contribution is 14.0. The molecular formula is C19H28IN3O2. The molecule has 2 N–H and O–H groups in total. The van der Waals surface area contributed by atoms with Gasteiger partial charge in [-0.1, -0.05) is 12.1 Å². The molecule has 0 aliphatic carbocycles. The van der Waals surface area contributed by atoms with Gasteiger partial charge >= 0.3 is 0 Å². The van der Waals surface area contributed by atoms with Crippen molar-refractivity contribution in [1.29, 1.82) is 0 Å². The number of nitrogens with zero attached hydrogens (tertiary/aromatic N) is 1. The van der Waals surface area contributed by atoms with Gasteiger partial charge in [0.05, 0.1) is 12.4 Å². The third kappa shape index (κ3) is 8.29. The lowest BCUT2D eigenvalue weighted by molar-refractivity contribution is 0.242. The Morgan fingerprint density at radius 1 is 1.16 bits per heavy atom. The fraction of sp³-hybridized carbons (Fsp3) is 0.421. The summed E-state index contributed by atoms with van der Waals surface area (Å²) in [6.07, 6.45) is 2.79. The number of guanidine groups is 1. The Labute approximate surface area is 167 Å². The number of aliphatic imine (C=N–C) groups is 1. The first-order valence-electron chi connectivity index (χ1n) is 8.47. The number of furan rings is 1. The van der Waals surface area contributed by atoms with E-state index in [-0.39, 0.29) is 30.1 Å². The van der Waals surface area contributed by atoms with E-state index < -0.39 is 0 Å². The normalized spacial score (nSPS) is 11.1. The largest absolute Gasteiger partial charge is 0.491 e. The average molecular weight is 457 g/mol. The minimum Gasteiger partial charge on any atom is -0.491 e. The van der Waals surface area contributed by atoms with Crippen LogP contribution in [0, 0.1) is 0 Å². The van der Waals surface area contributed by atoms with Crippen LogP contribution in [0.4, 0.5) is 0 Å². The highest BCUT2D eigenvalue weighted by atomic mass is 127. The molecule has 0 unspecified atom stereocenters. The SMILES string of the molecule is CCNC(=NCc1ccco1)NCCc1ccc(OC(C)C)cc1.I. The molecule has 0 aliphatic rings. The summed E-state index contributed by atoms with van der Waals surface area (Å²) in [5.74, 6) is 2.57.